The van der Waals surface area contributed by atoms with Crippen molar-refractivity contribution in [2.75, 3.05) is 32.8 Å². The van der Waals surface area contributed by atoms with Gasteiger partial charge in [0.15, 0.2) is 0 Å². The highest BCUT2D eigenvalue weighted by Crippen LogP contribution is 2.14. The summed E-state index contributed by atoms with van der Waals surface area (Å²) < 4.78 is 5.35. The summed E-state index contributed by atoms with van der Waals surface area (Å²) in [6, 6.07) is 0. The van der Waals surface area contributed by atoms with Crippen LogP contribution in [0.15, 0.2) is 0 Å². The first kappa shape index (κ1) is 14.9. The monoisotopic (exact) mass is 258 g/mol. The van der Waals surface area contributed by atoms with Gasteiger partial charge in [-0.05, 0) is 20.3 Å². The molecule has 18 heavy (non-hydrogen) atoms. The van der Waals surface area contributed by atoms with Crippen molar-refractivity contribution in [3.05, 3.63) is 0 Å². The molecule has 1 heterocycles. The summed E-state index contributed by atoms with van der Waals surface area (Å²) >= 11 is 0. The Labute approximate surface area is 107 Å². The molecule has 0 aromatic heterocycles. The molecule has 0 aromatic rings. The molecule has 1 aliphatic rings. The largest absolute Gasteiger partial charge is 0.481 e. The third kappa shape index (κ3) is 5.46. The molecule has 1 fully saturated rings. The first-order chi connectivity index (χ1) is 8.49. The number of carboxylic acid groups (broad SMARTS) is 1. The van der Waals surface area contributed by atoms with Crippen LogP contribution < -0.4 is 5.32 Å². The smallest absolute Gasteiger partial charge is 0.309 e. The Morgan fingerprint density at radius 3 is 2.67 bits per heavy atom. The molecule has 0 aliphatic carbocycles. The Bertz CT molecular complexity index is 288. The van der Waals surface area contributed by atoms with Gasteiger partial charge in [-0.15, -0.1) is 0 Å². The number of aliphatic carboxylic acids is 1. The number of nitrogens with zero attached hydrogens (tertiary/aromatic N) is 1. The summed E-state index contributed by atoms with van der Waals surface area (Å²) in [4.78, 5) is 23.9. The number of rotatable bonds is 8. The van der Waals surface area contributed by atoms with Crippen LogP contribution in [0.25, 0.3) is 0 Å². The molecule has 1 rings (SSSR count). The van der Waals surface area contributed by atoms with Crippen LogP contribution in [-0.4, -0.2) is 60.8 Å². The third-order valence-corrected chi connectivity index (χ3v) is 2.77. The van der Waals surface area contributed by atoms with Gasteiger partial charge in [-0.1, -0.05) is 0 Å². The molecular formula is C12H22N2O4. The molecule has 1 aliphatic heterocycles. The van der Waals surface area contributed by atoms with Crippen molar-refractivity contribution in [1.29, 1.82) is 0 Å². The first-order valence-electron chi connectivity index (χ1n) is 6.32. The molecule has 0 spiro atoms. The molecule has 0 bridgehead atoms. The minimum atomic E-state index is -0.780. The van der Waals surface area contributed by atoms with Gasteiger partial charge in [-0.3, -0.25) is 14.5 Å². The Balaban J connectivity index is 1.97. The van der Waals surface area contributed by atoms with E-state index >= 15 is 0 Å². The molecule has 6 heteroatoms. The quantitative estimate of drug-likeness (QED) is 0.596. The molecule has 2 N–H and O–H groups in total. The van der Waals surface area contributed by atoms with Crippen LogP contribution >= 0.6 is 0 Å². The van der Waals surface area contributed by atoms with E-state index in [1.165, 1.54) is 0 Å². The number of nitrogens with one attached hydrogen (secondary N) is 1. The maximum absolute atomic E-state index is 11.5. The van der Waals surface area contributed by atoms with Crippen molar-refractivity contribution in [2.45, 2.75) is 26.4 Å². The van der Waals surface area contributed by atoms with E-state index in [0.29, 0.717) is 26.2 Å². The average molecular weight is 258 g/mol. The van der Waals surface area contributed by atoms with Crippen molar-refractivity contribution in [3.63, 3.8) is 0 Å². The van der Waals surface area contributed by atoms with E-state index in [-0.39, 0.29) is 24.5 Å². The van der Waals surface area contributed by atoms with Crippen LogP contribution in [0.1, 0.15) is 20.3 Å². The van der Waals surface area contributed by atoms with Crippen molar-refractivity contribution < 1.29 is 19.4 Å². The van der Waals surface area contributed by atoms with Crippen LogP contribution in [-0.2, 0) is 14.3 Å². The zero-order chi connectivity index (χ0) is 13.5. The lowest BCUT2D eigenvalue weighted by Gasteiger charge is -2.35. The zero-order valence-corrected chi connectivity index (χ0v) is 11.0. The molecule has 0 radical (unpaired) electrons. The lowest BCUT2D eigenvalue weighted by Crippen LogP contribution is -2.53. The first-order valence-corrected chi connectivity index (χ1v) is 6.32. The molecule has 0 aromatic carbocycles. The summed E-state index contributed by atoms with van der Waals surface area (Å²) in [6.07, 6.45) is 1.01. The number of amides is 1. The van der Waals surface area contributed by atoms with E-state index in [0.717, 1.165) is 6.42 Å². The number of hydrogen-bond acceptors (Lipinski definition) is 4. The van der Waals surface area contributed by atoms with Gasteiger partial charge >= 0.3 is 5.97 Å². The Morgan fingerprint density at radius 1 is 1.44 bits per heavy atom. The Hall–Kier alpha value is -1.14. The molecule has 1 amide bonds. The fraction of sp³-hybridized carbons (Fsp3) is 0.833. The van der Waals surface area contributed by atoms with Gasteiger partial charge in [0.05, 0.1) is 18.6 Å². The normalized spacial score (nSPS) is 16.6. The van der Waals surface area contributed by atoms with Gasteiger partial charge in [0.25, 0.3) is 0 Å². The summed E-state index contributed by atoms with van der Waals surface area (Å²) in [6.45, 7) is 6.42. The molecular weight excluding hydrogens is 236 g/mol. The average Bonchev–Trinajstić information content (AvgIpc) is 2.21. The van der Waals surface area contributed by atoms with Crippen molar-refractivity contribution in [1.82, 2.24) is 10.2 Å². The molecule has 0 unspecified atom stereocenters. The van der Waals surface area contributed by atoms with Crippen LogP contribution in [0.2, 0.25) is 0 Å². The molecule has 104 valence electrons. The molecule has 1 saturated heterocycles. The van der Waals surface area contributed by atoms with E-state index in [2.05, 4.69) is 5.32 Å². The summed E-state index contributed by atoms with van der Waals surface area (Å²) in [5.74, 6) is -1.14. The predicted octanol–water partition coefficient (Wildman–Crippen LogP) is -0.0659. The zero-order valence-electron chi connectivity index (χ0n) is 11.0. The number of ether oxygens (including phenoxy) is 1. The van der Waals surface area contributed by atoms with E-state index < -0.39 is 5.97 Å². The molecule has 0 atom stereocenters. The lowest BCUT2D eigenvalue weighted by atomic mass is 10.0. The second-order valence-corrected chi connectivity index (χ2v) is 4.85. The highest BCUT2D eigenvalue weighted by molar-refractivity contribution is 5.78. The number of carboxylic acids is 1. The SMILES string of the molecule is CC(C)OCCCNC(=O)CN1CC(C(=O)O)C1. The maximum Gasteiger partial charge on any atom is 0.309 e. The van der Waals surface area contributed by atoms with Gasteiger partial charge in [-0.2, -0.15) is 0 Å². The van der Waals surface area contributed by atoms with Crippen LogP contribution in [0.5, 0.6) is 0 Å². The minimum Gasteiger partial charge on any atom is -0.481 e. The summed E-state index contributed by atoms with van der Waals surface area (Å²) in [5, 5.41) is 11.5. The van der Waals surface area contributed by atoms with Crippen molar-refractivity contribution >= 4 is 11.9 Å². The fourth-order valence-electron chi connectivity index (χ4n) is 1.73. The van der Waals surface area contributed by atoms with Crippen LogP contribution in [0.3, 0.4) is 0 Å². The molecule has 0 saturated carbocycles. The fourth-order valence-corrected chi connectivity index (χ4v) is 1.73. The Kier molecular flexibility index (Phi) is 6.07. The van der Waals surface area contributed by atoms with E-state index in [1.807, 2.05) is 18.7 Å². The summed E-state index contributed by atoms with van der Waals surface area (Å²) in [7, 11) is 0. The number of hydrogen-bond donors (Lipinski definition) is 2. The number of carbonyl (C=O) groups is 2. The van der Waals surface area contributed by atoms with E-state index in [9.17, 15) is 9.59 Å². The van der Waals surface area contributed by atoms with E-state index in [4.69, 9.17) is 9.84 Å². The van der Waals surface area contributed by atoms with Crippen molar-refractivity contribution in [2.24, 2.45) is 5.92 Å². The topological polar surface area (TPSA) is 78.9 Å². The highest BCUT2D eigenvalue weighted by Gasteiger charge is 2.33. The van der Waals surface area contributed by atoms with Gasteiger partial charge in [0, 0.05) is 26.2 Å². The second kappa shape index (κ2) is 7.33. The standard InChI is InChI=1S/C12H22N2O4/c1-9(2)18-5-3-4-13-11(15)8-14-6-10(7-14)12(16)17/h9-10H,3-8H2,1-2H3,(H,13,15)(H,16,17). The predicted molar refractivity (Wildman–Crippen MR) is 66.3 cm³/mol. The Morgan fingerprint density at radius 2 is 2.11 bits per heavy atom. The minimum absolute atomic E-state index is 0.0524. The van der Waals surface area contributed by atoms with Gasteiger partial charge in [-0.25, -0.2) is 0 Å². The van der Waals surface area contributed by atoms with Crippen molar-refractivity contribution in [3.8, 4) is 0 Å². The van der Waals surface area contributed by atoms with Crippen LogP contribution in [0.4, 0.5) is 0 Å². The van der Waals surface area contributed by atoms with Gasteiger partial charge in [0.2, 0.25) is 5.91 Å². The number of likely N-dealkylation sites (tertiary alicyclic amines) is 1. The van der Waals surface area contributed by atoms with E-state index in [1.54, 1.807) is 0 Å². The van der Waals surface area contributed by atoms with Crippen LogP contribution in [0, 0.1) is 5.92 Å². The lowest BCUT2D eigenvalue weighted by molar-refractivity contribution is -0.148. The van der Waals surface area contributed by atoms with Gasteiger partial charge in [0.1, 0.15) is 0 Å². The maximum atomic E-state index is 11.5. The van der Waals surface area contributed by atoms with Gasteiger partial charge < -0.3 is 15.2 Å². The molecule has 6 nitrogen and oxygen atoms in total. The summed E-state index contributed by atoms with van der Waals surface area (Å²) in [5.41, 5.74) is 0. The number of carbonyl (C=O) groups excluding carboxylic acids is 1. The third-order valence-electron chi connectivity index (χ3n) is 2.77. The second-order valence-electron chi connectivity index (χ2n) is 4.85. The highest BCUT2D eigenvalue weighted by atomic mass is 16.5.